The first-order valence-corrected chi connectivity index (χ1v) is 7.15. The van der Waals surface area contributed by atoms with Crippen LogP contribution in [0.15, 0.2) is 42.5 Å². The van der Waals surface area contributed by atoms with Gasteiger partial charge in [0.25, 0.3) is 0 Å². The number of carbonyl (C=O) groups excluding carboxylic acids is 1. The molecule has 112 valence electrons. The van der Waals surface area contributed by atoms with Gasteiger partial charge >= 0.3 is 5.97 Å². The Balaban J connectivity index is 2.36. The van der Waals surface area contributed by atoms with Gasteiger partial charge in [0.15, 0.2) is 0 Å². The number of hydrogen-bond donors (Lipinski definition) is 0. The van der Waals surface area contributed by atoms with Crippen molar-refractivity contribution < 1.29 is 13.9 Å². The van der Waals surface area contributed by atoms with Crippen molar-refractivity contribution >= 4 is 11.5 Å². The van der Waals surface area contributed by atoms with Gasteiger partial charge in [-0.05, 0) is 44.1 Å². The first kappa shape index (κ1) is 15.5. The molecule has 0 N–H and O–H groups in total. The summed E-state index contributed by atoms with van der Waals surface area (Å²) in [5.41, 5.74) is 1.34. The Bertz CT molecular complexity index is 593. The lowest BCUT2D eigenvalue weighted by Crippen LogP contribution is -2.24. The summed E-state index contributed by atoms with van der Waals surface area (Å²) in [6, 6.07) is 7.15. The Morgan fingerprint density at radius 2 is 1.90 bits per heavy atom. The molecule has 0 saturated heterocycles. The quantitative estimate of drug-likeness (QED) is 0.745. The molecule has 0 saturated carbocycles. The summed E-state index contributed by atoms with van der Waals surface area (Å²) >= 11 is 0. The second-order valence-corrected chi connectivity index (χ2v) is 6.33. The maximum absolute atomic E-state index is 13.9. The molecule has 0 amide bonds. The monoisotopic (exact) mass is 288 g/mol. The van der Waals surface area contributed by atoms with Crippen LogP contribution in [0.5, 0.6) is 0 Å². The summed E-state index contributed by atoms with van der Waals surface area (Å²) in [6.07, 6.45) is 4.22. The molecule has 1 aliphatic carbocycles. The Morgan fingerprint density at radius 1 is 1.24 bits per heavy atom. The lowest BCUT2D eigenvalue weighted by Gasteiger charge is -2.22. The third-order valence-electron chi connectivity index (χ3n) is 3.28. The van der Waals surface area contributed by atoms with Crippen LogP contribution >= 0.6 is 0 Å². The molecule has 21 heavy (non-hydrogen) atoms. The summed E-state index contributed by atoms with van der Waals surface area (Å²) < 4.78 is 19.3. The van der Waals surface area contributed by atoms with E-state index in [0.717, 1.165) is 5.57 Å². The molecule has 0 spiro atoms. The molecule has 2 unspecified atom stereocenters. The molecule has 1 aromatic carbocycles. The lowest BCUT2D eigenvalue weighted by atomic mass is 9.90. The van der Waals surface area contributed by atoms with Gasteiger partial charge in [0, 0.05) is 5.92 Å². The average molecular weight is 288 g/mol. The van der Waals surface area contributed by atoms with Gasteiger partial charge in [-0.3, -0.25) is 0 Å². The van der Waals surface area contributed by atoms with Crippen LogP contribution in [0.2, 0.25) is 0 Å². The second kappa shape index (κ2) is 5.84. The van der Waals surface area contributed by atoms with Gasteiger partial charge in [-0.25, -0.2) is 9.18 Å². The third kappa shape index (κ3) is 3.81. The highest BCUT2D eigenvalue weighted by atomic mass is 19.1. The number of benzene rings is 1. The molecule has 0 fully saturated rings. The number of allylic oxidation sites excluding steroid dienone is 4. The summed E-state index contributed by atoms with van der Waals surface area (Å²) in [5, 5.41) is 0. The van der Waals surface area contributed by atoms with Crippen molar-refractivity contribution in [2.24, 2.45) is 5.92 Å². The fraction of sp³-hybridized carbons (Fsp3) is 0.389. The van der Waals surface area contributed by atoms with Crippen molar-refractivity contribution in [2.45, 2.75) is 39.5 Å². The Labute approximate surface area is 125 Å². The summed E-state index contributed by atoms with van der Waals surface area (Å²) in [7, 11) is 0. The molecule has 0 aliphatic heterocycles. The fourth-order valence-electron chi connectivity index (χ4n) is 2.17. The van der Waals surface area contributed by atoms with Crippen LogP contribution in [-0.2, 0) is 4.74 Å². The van der Waals surface area contributed by atoms with Gasteiger partial charge in [0.1, 0.15) is 11.8 Å². The zero-order valence-electron chi connectivity index (χ0n) is 12.9. The molecule has 0 heterocycles. The van der Waals surface area contributed by atoms with Crippen LogP contribution in [0.1, 0.15) is 43.6 Å². The van der Waals surface area contributed by atoms with E-state index < -0.39 is 11.8 Å². The summed E-state index contributed by atoms with van der Waals surface area (Å²) in [5.74, 6) is -0.524. The molecule has 2 nitrogen and oxygen atoms in total. The third-order valence-corrected chi connectivity index (χ3v) is 3.28. The maximum Gasteiger partial charge on any atom is 0.339 e. The zero-order valence-corrected chi connectivity index (χ0v) is 12.9. The number of alkyl halides is 1. The lowest BCUT2D eigenvalue weighted by molar-refractivity contribution is 0.00692. The molecule has 2 rings (SSSR count). The van der Waals surface area contributed by atoms with Crippen molar-refractivity contribution in [1.29, 1.82) is 0 Å². The molecule has 2 atom stereocenters. The van der Waals surface area contributed by atoms with Crippen molar-refractivity contribution in [3.05, 3.63) is 53.6 Å². The number of esters is 1. The van der Waals surface area contributed by atoms with E-state index >= 15 is 0 Å². The minimum absolute atomic E-state index is 0.137. The number of halogens is 1. The zero-order chi connectivity index (χ0) is 15.6. The van der Waals surface area contributed by atoms with Crippen molar-refractivity contribution in [1.82, 2.24) is 0 Å². The van der Waals surface area contributed by atoms with Gasteiger partial charge in [-0.1, -0.05) is 37.3 Å². The SMILES string of the molecule is CC1C=CC(c2ccccc2C(=O)OC(C)(C)C)=CC1F. The largest absolute Gasteiger partial charge is 0.456 e. The van der Waals surface area contributed by atoms with E-state index in [4.69, 9.17) is 4.74 Å². The number of rotatable bonds is 2. The van der Waals surface area contributed by atoms with Gasteiger partial charge in [-0.15, -0.1) is 0 Å². The van der Waals surface area contributed by atoms with Crippen LogP contribution in [0.3, 0.4) is 0 Å². The number of hydrogen-bond acceptors (Lipinski definition) is 2. The smallest absolute Gasteiger partial charge is 0.339 e. The molecular weight excluding hydrogens is 267 g/mol. The standard InChI is InChI=1S/C18H21FO2/c1-12-9-10-13(11-16(12)19)14-7-5-6-8-15(14)17(20)21-18(2,3)4/h5-12,16H,1-4H3. The Hall–Kier alpha value is -1.90. The highest BCUT2D eigenvalue weighted by molar-refractivity contribution is 5.97. The fourth-order valence-corrected chi connectivity index (χ4v) is 2.17. The van der Waals surface area contributed by atoms with Crippen LogP contribution in [-0.4, -0.2) is 17.7 Å². The summed E-state index contributed by atoms with van der Waals surface area (Å²) in [6.45, 7) is 7.31. The summed E-state index contributed by atoms with van der Waals surface area (Å²) in [4.78, 5) is 12.3. The van der Waals surface area contributed by atoms with Gasteiger partial charge in [-0.2, -0.15) is 0 Å². The van der Waals surface area contributed by atoms with Crippen molar-refractivity contribution in [3.63, 3.8) is 0 Å². The van der Waals surface area contributed by atoms with Crippen LogP contribution in [0.4, 0.5) is 4.39 Å². The predicted molar refractivity (Wildman–Crippen MR) is 82.8 cm³/mol. The van der Waals surface area contributed by atoms with Gasteiger partial charge < -0.3 is 4.74 Å². The van der Waals surface area contributed by atoms with E-state index in [0.29, 0.717) is 11.1 Å². The minimum Gasteiger partial charge on any atom is -0.456 e. The molecule has 1 aromatic rings. The van der Waals surface area contributed by atoms with E-state index in [9.17, 15) is 9.18 Å². The highest BCUT2D eigenvalue weighted by Crippen LogP contribution is 2.29. The molecule has 1 aliphatic rings. The van der Waals surface area contributed by atoms with Crippen molar-refractivity contribution in [3.8, 4) is 0 Å². The van der Waals surface area contributed by atoms with Crippen LogP contribution in [0.25, 0.3) is 5.57 Å². The molecule has 0 aromatic heterocycles. The van der Waals surface area contributed by atoms with E-state index in [2.05, 4.69) is 0 Å². The topological polar surface area (TPSA) is 26.3 Å². The first-order chi connectivity index (χ1) is 9.78. The minimum atomic E-state index is -1.03. The molecule has 0 radical (unpaired) electrons. The van der Waals surface area contributed by atoms with Crippen LogP contribution in [0, 0.1) is 5.92 Å². The number of carbonyl (C=O) groups is 1. The van der Waals surface area contributed by atoms with Crippen molar-refractivity contribution in [2.75, 3.05) is 0 Å². The van der Waals surface area contributed by atoms with E-state index in [1.54, 1.807) is 18.2 Å². The Morgan fingerprint density at radius 3 is 2.52 bits per heavy atom. The average Bonchev–Trinajstić information content (AvgIpc) is 2.40. The molecule has 0 bridgehead atoms. The van der Waals surface area contributed by atoms with Crippen LogP contribution < -0.4 is 0 Å². The predicted octanol–water partition coefficient (Wildman–Crippen LogP) is 4.57. The van der Waals surface area contributed by atoms with Gasteiger partial charge in [0.05, 0.1) is 5.56 Å². The van der Waals surface area contributed by atoms with E-state index in [1.165, 1.54) is 0 Å². The molecular formula is C18H21FO2. The normalized spacial score (nSPS) is 21.9. The van der Waals surface area contributed by atoms with E-state index in [-0.39, 0.29) is 11.9 Å². The first-order valence-electron chi connectivity index (χ1n) is 7.15. The van der Waals surface area contributed by atoms with E-state index in [1.807, 2.05) is 52.0 Å². The Kier molecular flexibility index (Phi) is 4.31. The second-order valence-electron chi connectivity index (χ2n) is 6.33. The maximum atomic E-state index is 13.9. The number of ether oxygens (including phenoxy) is 1. The van der Waals surface area contributed by atoms with Gasteiger partial charge in [0.2, 0.25) is 0 Å². The highest BCUT2D eigenvalue weighted by Gasteiger charge is 2.23. The molecule has 3 heteroatoms.